The number of nitrogens with zero attached hydrogens (tertiary/aromatic N) is 1. The van der Waals surface area contributed by atoms with Crippen LogP contribution in [0.5, 0.6) is 11.5 Å². The molecular weight excluding hydrogens is 383 g/mol. The largest absolute Gasteiger partial charge is 0.457 e. The maximum atomic E-state index is 14.4. The number of hydrogen-bond acceptors (Lipinski definition) is 5. The second-order valence-electron chi connectivity index (χ2n) is 6.17. The molecule has 1 atom stereocenters. The van der Waals surface area contributed by atoms with Crippen molar-refractivity contribution in [2.24, 2.45) is 0 Å². The van der Waals surface area contributed by atoms with E-state index in [2.05, 4.69) is 0 Å². The van der Waals surface area contributed by atoms with Crippen molar-refractivity contribution in [1.29, 1.82) is 5.26 Å². The molecule has 142 valence electrons. The van der Waals surface area contributed by atoms with Crippen molar-refractivity contribution in [2.75, 3.05) is 13.4 Å². The third-order valence-electron chi connectivity index (χ3n) is 4.20. The molecule has 5 nitrogen and oxygen atoms in total. The lowest BCUT2D eigenvalue weighted by Gasteiger charge is -2.19. The first-order valence-corrected chi connectivity index (χ1v) is 9.61. The van der Waals surface area contributed by atoms with Crippen LogP contribution < -0.4 is 4.74 Å². The highest BCUT2D eigenvalue weighted by Crippen LogP contribution is 2.51. The lowest BCUT2D eigenvalue weighted by atomic mass is 10.1. The zero-order valence-corrected chi connectivity index (χ0v) is 15.1. The van der Waals surface area contributed by atoms with Gasteiger partial charge >= 0.3 is 0 Å². The average molecular weight is 397 g/mol. The molecule has 0 fully saturated rings. The summed E-state index contributed by atoms with van der Waals surface area (Å²) in [5, 5.41) is 8.91. The third-order valence-corrected chi connectivity index (χ3v) is 5.35. The van der Waals surface area contributed by atoms with Gasteiger partial charge in [-0.05, 0) is 24.3 Å². The van der Waals surface area contributed by atoms with Gasteiger partial charge < -0.3 is 9.47 Å². The normalized spacial score (nSPS) is 18.0. The van der Waals surface area contributed by atoms with Gasteiger partial charge in [0.2, 0.25) is 0 Å². The molecule has 0 radical (unpaired) electrons. The summed E-state index contributed by atoms with van der Waals surface area (Å²) in [6.45, 7) is 0. The van der Waals surface area contributed by atoms with E-state index in [1.54, 1.807) is 6.07 Å². The Morgan fingerprint density at radius 3 is 2.56 bits per heavy atom. The van der Waals surface area contributed by atoms with Gasteiger partial charge in [0, 0.05) is 37.0 Å². The highest BCUT2D eigenvalue weighted by Gasteiger charge is 2.51. The van der Waals surface area contributed by atoms with Crippen LogP contribution in [-0.4, -0.2) is 27.7 Å². The molecule has 27 heavy (non-hydrogen) atoms. The molecule has 0 amide bonds. The van der Waals surface area contributed by atoms with Gasteiger partial charge in [-0.25, -0.2) is 21.6 Å². The molecule has 2 aromatic rings. The Labute approximate surface area is 153 Å². The number of hydrogen-bond donors (Lipinski definition) is 0. The van der Waals surface area contributed by atoms with Crippen molar-refractivity contribution in [3.63, 3.8) is 0 Å². The number of benzene rings is 2. The molecule has 0 unspecified atom stereocenters. The lowest BCUT2D eigenvalue weighted by Crippen LogP contribution is -2.24. The first-order chi connectivity index (χ1) is 12.6. The van der Waals surface area contributed by atoms with Gasteiger partial charge in [0.1, 0.15) is 23.4 Å². The van der Waals surface area contributed by atoms with Gasteiger partial charge in [0.25, 0.3) is 5.92 Å². The number of fused-ring (bicyclic) bond motifs is 1. The topological polar surface area (TPSA) is 76.4 Å². The summed E-state index contributed by atoms with van der Waals surface area (Å²) in [5.41, 5.74) is -0.202. The second kappa shape index (κ2) is 6.55. The first-order valence-electron chi connectivity index (χ1n) is 7.72. The SMILES string of the molecule is CO[C@H]1c2c(S(C)(=O)=O)ccc(Oc3cc(F)cc(C#N)c3)c2CC1(F)F. The Morgan fingerprint density at radius 1 is 1.26 bits per heavy atom. The molecule has 0 aliphatic heterocycles. The van der Waals surface area contributed by atoms with Crippen molar-refractivity contribution in [3.8, 4) is 17.6 Å². The smallest absolute Gasteiger partial charge is 0.282 e. The summed E-state index contributed by atoms with van der Waals surface area (Å²) < 4.78 is 76.9. The number of halogens is 3. The Bertz CT molecular complexity index is 1060. The van der Waals surface area contributed by atoms with Gasteiger partial charge in [0.05, 0.1) is 16.5 Å². The van der Waals surface area contributed by atoms with Crippen LogP contribution in [0.15, 0.2) is 35.2 Å². The molecule has 0 aromatic heterocycles. The van der Waals surface area contributed by atoms with Crippen LogP contribution in [0.1, 0.15) is 22.8 Å². The minimum Gasteiger partial charge on any atom is -0.457 e. The molecular formula is C18H14F3NO4S. The summed E-state index contributed by atoms with van der Waals surface area (Å²) >= 11 is 0. The van der Waals surface area contributed by atoms with Crippen LogP contribution in [-0.2, 0) is 21.0 Å². The van der Waals surface area contributed by atoms with Crippen molar-refractivity contribution < 1.29 is 31.1 Å². The highest BCUT2D eigenvalue weighted by atomic mass is 32.2. The van der Waals surface area contributed by atoms with E-state index < -0.39 is 34.1 Å². The van der Waals surface area contributed by atoms with Crippen molar-refractivity contribution in [1.82, 2.24) is 0 Å². The zero-order valence-electron chi connectivity index (χ0n) is 14.3. The van der Waals surface area contributed by atoms with Crippen LogP contribution in [0.25, 0.3) is 0 Å². The fourth-order valence-corrected chi connectivity index (χ4v) is 4.10. The molecule has 0 N–H and O–H groups in total. The molecule has 0 bridgehead atoms. The van der Waals surface area contributed by atoms with E-state index in [9.17, 15) is 21.6 Å². The molecule has 9 heteroatoms. The number of alkyl halides is 2. The van der Waals surface area contributed by atoms with Gasteiger partial charge in [-0.2, -0.15) is 5.26 Å². The molecule has 2 aromatic carbocycles. The average Bonchev–Trinajstić information content (AvgIpc) is 2.83. The van der Waals surface area contributed by atoms with E-state index in [0.717, 1.165) is 31.6 Å². The number of sulfone groups is 1. The summed E-state index contributed by atoms with van der Waals surface area (Å²) in [7, 11) is -2.73. The lowest BCUT2D eigenvalue weighted by molar-refractivity contribution is -0.115. The molecule has 1 aliphatic rings. The summed E-state index contributed by atoms with van der Waals surface area (Å²) in [6, 6.07) is 7.40. The minimum atomic E-state index is -3.80. The van der Waals surface area contributed by atoms with Gasteiger partial charge in [-0.1, -0.05) is 0 Å². The van der Waals surface area contributed by atoms with Crippen molar-refractivity contribution in [2.45, 2.75) is 23.3 Å². The second-order valence-corrected chi connectivity index (χ2v) is 8.15. The van der Waals surface area contributed by atoms with E-state index in [0.29, 0.717) is 0 Å². The maximum Gasteiger partial charge on any atom is 0.282 e. The summed E-state index contributed by atoms with van der Waals surface area (Å²) in [4.78, 5) is -0.272. The molecule has 0 saturated heterocycles. The number of nitriles is 1. The predicted octanol–water partition coefficient (Wildman–Crippen LogP) is 3.77. The Hall–Kier alpha value is -2.57. The van der Waals surface area contributed by atoms with E-state index in [-0.39, 0.29) is 33.1 Å². The zero-order chi connectivity index (χ0) is 20.0. The van der Waals surface area contributed by atoms with Crippen LogP contribution in [0.4, 0.5) is 13.2 Å². The van der Waals surface area contributed by atoms with E-state index in [1.807, 2.05) is 0 Å². The van der Waals surface area contributed by atoms with Crippen LogP contribution in [0.2, 0.25) is 0 Å². The molecule has 0 spiro atoms. The van der Waals surface area contributed by atoms with Crippen molar-refractivity contribution in [3.05, 3.63) is 52.8 Å². The first kappa shape index (κ1) is 19.2. The Morgan fingerprint density at radius 2 is 1.96 bits per heavy atom. The number of rotatable bonds is 4. The fourth-order valence-electron chi connectivity index (χ4n) is 3.15. The number of ether oxygens (including phenoxy) is 2. The minimum absolute atomic E-state index is 0.00509. The standard InChI is InChI=1S/C18H14F3NO4S/c1-25-17-16-13(8-18(17,20)21)14(3-4-15(16)27(2,23)24)26-12-6-10(9-22)5-11(19)7-12/h3-7,17H,8H2,1-2H3/t17-/m0/s1. The Kier molecular flexibility index (Phi) is 4.66. The highest BCUT2D eigenvalue weighted by molar-refractivity contribution is 7.90. The van der Waals surface area contributed by atoms with Crippen LogP contribution in [0.3, 0.4) is 0 Å². The van der Waals surface area contributed by atoms with Crippen LogP contribution in [0, 0.1) is 17.1 Å². The van der Waals surface area contributed by atoms with Gasteiger partial charge in [-0.3, -0.25) is 0 Å². The molecule has 0 heterocycles. The van der Waals surface area contributed by atoms with Crippen LogP contribution >= 0.6 is 0 Å². The third kappa shape index (κ3) is 3.50. The maximum absolute atomic E-state index is 14.4. The monoisotopic (exact) mass is 397 g/mol. The summed E-state index contributed by atoms with van der Waals surface area (Å²) in [5.74, 6) is -4.18. The molecule has 0 saturated carbocycles. The van der Waals surface area contributed by atoms with E-state index in [4.69, 9.17) is 14.7 Å². The van der Waals surface area contributed by atoms with E-state index >= 15 is 0 Å². The van der Waals surface area contributed by atoms with Gasteiger partial charge in [-0.15, -0.1) is 0 Å². The van der Waals surface area contributed by atoms with Gasteiger partial charge in [0.15, 0.2) is 9.84 Å². The fraction of sp³-hybridized carbons (Fsp3) is 0.278. The molecule has 1 aliphatic carbocycles. The quantitative estimate of drug-likeness (QED) is 0.785. The van der Waals surface area contributed by atoms with E-state index in [1.165, 1.54) is 12.1 Å². The predicted molar refractivity (Wildman–Crippen MR) is 89.1 cm³/mol. The van der Waals surface area contributed by atoms with Crippen molar-refractivity contribution >= 4 is 9.84 Å². The number of methoxy groups -OCH3 is 1. The summed E-state index contributed by atoms with van der Waals surface area (Å²) in [6.07, 6.45) is -1.62. The Balaban J connectivity index is 2.17. The molecule has 3 rings (SSSR count).